The smallest absolute Gasteiger partial charge is 0.269 e. The Kier molecular flexibility index (Phi) is 3.99. The van der Waals surface area contributed by atoms with Crippen molar-refractivity contribution in [1.82, 2.24) is 0 Å². The van der Waals surface area contributed by atoms with Crippen LogP contribution in [-0.2, 0) is 10.2 Å². The molecule has 1 atom stereocenters. The van der Waals surface area contributed by atoms with E-state index in [9.17, 15) is 30.1 Å². The Morgan fingerprint density at radius 2 is 2.13 bits per heavy atom. The molecule has 0 saturated heterocycles. The number of nitro benzene ring substituents is 1. The van der Waals surface area contributed by atoms with Gasteiger partial charge in [0.2, 0.25) is 11.8 Å². The fourth-order valence-corrected chi connectivity index (χ4v) is 3.95. The van der Waals surface area contributed by atoms with Gasteiger partial charge in [0.05, 0.1) is 16.1 Å². The van der Waals surface area contributed by atoms with E-state index in [-0.39, 0.29) is 51.7 Å². The third-order valence-corrected chi connectivity index (χ3v) is 5.30. The first kappa shape index (κ1) is 18.9. The molecule has 4 rings (SSSR count). The number of ketones is 1. The van der Waals surface area contributed by atoms with Gasteiger partial charge in [0.1, 0.15) is 28.6 Å². The van der Waals surface area contributed by atoms with E-state index in [1.54, 1.807) is 6.92 Å². The van der Waals surface area contributed by atoms with Crippen molar-refractivity contribution in [2.24, 2.45) is 5.73 Å². The van der Waals surface area contributed by atoms with E-state index in [1.807, 2.05) is 6.07 Å². The van der Waals surface area contributed by atoms with E-state index in [2.05, 4.69) is 5.32 Å². The standard InChI is InChI=1S/C20H14N4O6/c1-2-14(25)10-4-6-15-16(17(10)26)20(12(8-21)18(22)30-15)11-7-9(24(28)29)3-5-13(11)23-19(20)27/h3-7,26H,2,22H2,1H3,(H,23,27). The van der Waals surface area contributed by atoms with Crippen LogP contribution in [0.5, 0.6) is 11.5 Å². The molecule has 0 radical (unpaired) electrons. The fourth-order valence-electron chi connectivity index (χ4n) is 3.95. The van der Waals surface area contributed by atoms with Crippen molar-refractivity contribution >= 4 is 23.1 Å². The molecule has 0 saturated carbocycles. The highest BCUT2D eigenvalue weighted by Gasteiger charge is 2.58. The second kappa shape index (κ2) is 6.31. The summed E-state index contributed by atoms with van der Waals surface area (Å²) >= 11 is 0. The summed E-state index contributed by atoms with van der Waals surface area (Å²) < 4.78 is 5.46. The number of carbonyl (C=O) groups is 2. The number of non-ortho nitro benzene ring substituents is 1. The van der Waals surface area contributed by atoms with Gasteiger partial charge in [0, 0.05) is 29.8 Å². The van der Waals surface area contributed by atoms with Crippen molar-refractivity contribution in [2.45, 2.75) is 18.8 Å². The number of Topliss-reactive ketones (excluding diaryl/α,β-unsaturated/α-hetero) is 1. The normalized spacial score (nSPS) is 18.9. The third kappa shape index (κ3) is 2.23. The van der Waals surface area contributed by atoms with Crippen LogP contribution in [0.2, 0.25) is 0 Å². The van der Waals surface area contributed by atoms with Crippen molar-refractivity contribution in [2.75, 3.05) is 5.32 Å². The number of phenolic OH excluding ortho intramolecular Hbond substituents is 1. The molecule has 0 fully saturated rings. The number of nitrogens with two attached hydrogens (primary N) is 1. The van der Waals surface area contributed by atoms with Gasteiger partial charge >= 0.3 is 0 Å². The maximum atomic E-state index is 13.3. The average Bonchev–Trinajstić information content (AvgIpc) is 2.99. The van der Waals surface area contributed by atoms with E-state index in [1.165, 1.54) is 24.3 Å². The average molecular weight is 406 g/mol. The van der Waals surface area contributed by atoms with Crippen LogP contribution in [-0.4, -0.2) is 21.7 Å². The summed E-state index contributed by atoms with van der Waals surface area (Å²) in [5.74, 6) is -2.11. The number of nitro groups is 1. The number of nitrogens with one attached hydrogen (secondary N) is 1. The molecule has 1 unspecified atom stereocenters. The molecular weight excluding hydrogens is 392 g/mol. The highest BCUT2D eigenvalue weighted by atomic mass is 16.6. The molecule has 2 heterocycles. The predicted octanol–water partition coefficient (Wildman–Crippen LogP) is 2.22. The van der Waals surface area contributed by atoms with Crippen LogP contribution in [0.1, 0.15) is 34.8 Å². The zero-order valence-corrected chi connectivity index (χ0v) is 15.6. The number of amides is 1. The van der Waals surface area contributed by atoms with Crippen molar-refractivity contribution in [3.8, 4) is 17.6 Å². The topological polar surface area (TPSA) is 169 Å². The molecular formula is C20H14N4O6. The Bertz CT molecular complexity index is 1240. The van der Waals surface area contributed by atoms with Crippen LogP contribution in [0.25, 0.3) is 0 Å². The molecule has 2 aliphatic rings. The van der Waals surface area contributed by atoms with Crippen LogP contribution in [0.3, 0.4) is 0 Å². The number of rotatable bonds is 3. The minimum absolute atomic E-state index is 0.0360. The summed E-state index contributed by atoms with van der Waals surface area (Å²) in [5.41, 5.74) is 3.28. The first-order valence-corrected chi connectivity index (χ1v) is 8.85. The number of nitriles is 1. The largest absolute Gasteiger partial charge is 0.507 e. The molecule has 10 nitrogen and oxygen atoms in total. The zero-order valence-electron chi connectivity index (χ0n) is 15.6. The summed E-state index contributed by atoms with van der Waals surface area (Å²) in [6, 6.07) is 8.21. The Balaban J connectivity index is 2.17. The molecule has 0 bridgehead atoms. The number of nitrogens with zero attached hydrogens (tertiary/aromatic N) is 2. The number of fused-ring (bicyclic) bond motifs is 4. The van der Waals surface area contributed by atoms with Gasteiger partial charge in [-0.25, -0.2) is 0 Å². The van der Waals surface area contributed by atoms with Crippen molar-refractivity contribution in [3.05, 3.63) is 68.6 Å². The van der Waals surface area contributed by atoms with Gasteiger partial charge in [-0.05, 0) is 18.2 Å². The monoisotopic (exact) mass is 406 g/mol. The Labute approximate surface area is 169 Å². The summed E-state index contributed by atoms with van der Waals surface area (Å²) in [6.07, 6.45) is 0.0809. The zero-order chi connectivity index (χ0) is 21.8. The van der Waals surface area contributed by atoms with Crippen LogP contribution in [0, 0.1) is 21.4 Å². The Morgan fingerprint density at radius 1 is 1.40 bits per heavy atom. The van der Waals surface area contributed by atoms with Crippen molar-refractivity contribution in [3.63, 3.8) is 0 Å². The number of benzene rings is 2. The Morgan fingerprint density at radius 3 is 2.77 bits per heavy atom. The lowest BCUT2D eigenvalue weighted by Crippen LogP contribution is -2.42. The molecule has 0 aliphatic carbocycles. The lowest BCUT2D eigenvalue weighted by atomic mass is 9.68. The highest BCUT2D eigenvalue weighted by molar-refractivity contribution is 6.14. The van der Waals surface area contributed by atoms with Gasteiger partial charge in [-0.15, -0.1) is 0 Å². The number of phenols is 1. The molecule has 30 heavy (non-hydrogen) atoms. The Hall–Kier alpha value is -4.39. The first-order valence-electron chi connectivity index (χ1n) is 8.85. The van der Waals surface area contributed by atoms with E-state index in [0.717, 1.165) is 6.07 Å². The summed E-state index contributed by atoms with van der Waals surface area (Å²) in [6.45, 7) is 1.60. The quantitative estimate of drug-likeness (QED) is 0.396. The number of aromatic hydroxyl groups is 1. The molecule has 2 aromatic carbocycles. The van der Waals surface area contributed by atoms with E-state index >= 15 is 0 Å². The van der Waals surface area contributed by atoms with Crippen LogP contribution < -0.4 is 15.8 Å². The van der Waals surface area contributed by atoms with Gasteiger partial charge in [-0.1, -0.05) is 6.92 Å². The highest BCUT2D eigenvalue weighted by Crippen LogP contribution is 2.57. The van der Waals surface area contributed by atoms with Crippen LogP contribution in [0.4, 0.5) is 11.4 Å². The molecule has 10 heteroatoms. The SMILES string of the molecule is CCC(=O)c1ccc2c(c1O)C1(C(=O)Nc3ccc([N+](=O)[O-])cc31)C(C#N)=C(N)O2. The van der Waals surface area contributed by atoms with E-state index < -0.39 is 27.8 Å². The molecule has 0 aromatic heterocycles. The predicted molar refractivity (Wildman–Crippen MR) is 103 cm³/mol. The third-order valence-electron chi connectivity index (χ3n) is 5.30. The van der Waals surface area contributed by atoms with Gasteiger partial charge in [0.15, 0.2) is 5.78 Å². The van der Waals surface area contributed by atoms with Gasteiger partial charge in [0.25, 0.3) is 5.69 Å². The maximum absolute atomic E-state index is 13.3. The molecule has 2 aromatic rings. The lowest BCUT2D eigenvalue weighted by Gasteiger charge is -2.34. The summed E-state index contributed by atoms with van der Waals surface area (Å²) in [4.78, 5) is 36.3. The van der Waals surface area contributed by atoms with Gasteiger partial charge in [-0.2, -0.15) is 5.26 Å². The minimum Gasteiger partial charge on any atom is -0.507 e. The second-order valence-corrected chi connectivity index (χ2v) is 6.76. The minimum atomic E-state index is -2.01. The number of anilines is 1. The number of hydrogen-bond donors (Lipinski definition) is 3. The van der Waals surface area contributed by atoms with Gasteiger partial charge in [-0.3, -0.25) is 19.7 Å². The van der Waals surface area contributed by atoms with Gasteiger partial charge < -0.3 is 20.9 Å². The summed E-state index contributed by atoms with van der Waals surface area (Å²) in [5, 5.41) is 34.7. The molecule has 1 amide bonds. The molecule has 4 N–H and O–H groups in total. The first-order chi connectivity index (χ1) is 14.3. The number of hydrogen-bond acceptors (Lipinski definition) is 8. The van der Waals surface area contributed by atoms with E-state index in [0.29, 0.717) is 0 Å². The molecule has 2 aliphatic heterocycles. The van der Waals surface area contributed by atoms with E-state index in [4.69, 9.17) is 10.5 Å². The number of carbonyl (C=O) groups excluding carboxylic acids is 2. The second-order valence-electron chi connectivity index (χ2n) is 6.76. The molecule has 1 spiro atoms. The van der Waals surface area contributed by atoms with Crippen LogP contribution in [0.15, 0.2) is 41.8 Å². The van der Waals surface area contributed by atoms with Crippen LogP contribution >= 0.6 is 0 Å². The molecule has 150 valence electrons. The maximum Gasteiger partial charge on any atom is 0.269 e. The van der Waals surface area contributed by atoms with Crippen molar-refractivity contribution in [1.29, 1.82) is 5.26 Å². The van der Waals surface area contributed by atoms with Crippen molar-refractivity contribution < 1.29 is 24.4 Å². The number of ether oxygens (including phenoxy) is 1. The fraction of sp³-hybridized carbons (Fsp3) is 0.150. The lowest BCUT2D eigenvalue weighted by molar-refractivity contribution is -0.384. The summed E-state index contributed by atoms with van der Waals surface area (Å²) in [7, 11) is 0.